The number of rotatable bonds is 4. The third-order valence-electron chi connectivity index (χ3n) is 3.03. The number of fused-ring (bicyclic) bond motifs is 1. The predicted molar refractivity (Wildman–Crippen MR) is 79.1 cm³/mol. The Morgan fingerprint density at radius 3 is 2.95 bits per heavy atom. The maximum absolute atomic E-state index is 4.56. The lowest BCUT2D eigenvalue weighted by Crippen LogP contribution is -2.12. The fraction of sp³-hybridized carbons (Fsp3) is 0.200. The lowest BCUT2D eigenvalue weighted by Gasteiger charge is -2.08. The third kappa shape index (κ3) is 2.80. The molecule has 2 heterocycles. The molecular weight excluding hydrogens is 254 g/mol. The SMILES string of the molecule is Cc1cc(CNCc2cncs2)c2ccccc2n1. The van der Waals surface area contributed by atoms with Crippen molar-refractivity contribution in [1.82, 2.24) is 15.3 Å². The van der Waals surface area contributed by atoms with Crippen LogP contribution in [0.5, 0.6) is 0 Å². The number of aromatic nitrogens is 2. The van der Waals surface area contributed by atoms with Crippen molar-refractivity contribution in [2.45, 2.75) is 20.0 Å². The number of thiazole rings is 1. The normalized spacial score (nSPS) is 11.0. The van der Waals surface area contributed by atoms with Gasteiger partial charge in [-0.05, 0) is 24.6 Å². The van der Waals surface area contributed by atoms with E-state index in [-0.39, 0.29) is 0 Å². The zero-order valence-corrected chi connectivity index (χ0v) is 11.6. The van der Waals surface area contributed by atoms with Gasteiger partial charge in [-0.2, -0.15) is 0 Å². The molecule has 3 rings (SSSR count). The smallest absolute Gasteiger partial charge is 0.0794 e. The molecule has 0 saturated carbocycles. The molecule has 0 unspecified atom stereocenters. The van der Waals surface area contributed by atoms with Crippen molar-refractivity contribution in [3.63, 3.8) is 0 Å². The van der Waals surface area contributed by atoms with E-state index < -0.39 is 0 Å². The van der Waals surface area contributed by atoms with E-state index in [0.717, 1.165) is 24.3 Å². The molecule has 0 aliphatic carbocycles. The van der Waals surface area contributed by atoms with Crippen LogP contribution >= 0.6 is 11.3 Å². The highest BCUT2D eigenvalue weighted by atomic mass is 32.1. The largest absolute Gasteiger partial charge is 0.308 e. The summed E-state index contributed by atoms with van der Waals surface area (Å²) < 4.78 is 0. The van der Waals surface area contributed by atoms with E-state index in [9.17, 15) is 0 Å². The van der Waals surface area contributed by atoms with Gasteiger partial charge in [0.2, 0.25) is 0 Å². The number of hydrogen-bond acceptors (Lipinski definition) is 4. The van der Waals surface area contributed by atoms with E-state index in [1.54, 1.807) is 11.3 Å². The van der Waals surface area contributed by atoms with Gasteiger partial charge in [-0.15, -0.1) is 11.3 Å². The molecule has 0 atom stereocenters. The fourth-order valence-corrected chi connectivity index (χ4v) is 2.76. The average molecular weight is 269 g/mol. The van der Waals surface area contributed by atoms with Crippen LogP contribution < -0.4 is 5.32 Å². The summed E-state index contributed by atoms with van der Waals surface area (Å²) in [5, 5.41) is 4.69. The highest BCUT2D eigenvalue weighted by Crippen LogP contribution is 2.18. The van der Waals surface area contributed by atoms with Crippen molar-refractivity contribution in [2.24, 2.45) is 0 Å². The van der Waals surface area contributed by atoms with Crippen molar-refractivity contribution in [3.05, 3.63) is 58.2 Å². The molecule has 2 aromatic heterocycles. The zero-order valence-electron chi connectivity index (χ0n) is 10.8. The summed E-state index contributed by atoms with van der Waals surface area (Å²) in [6.07, 6.45) is 1.91. The summed E-state index contributed by atoms with van der Waals surface area (Å²) >= 11 is 1.68. The van der Waals surface area contributed by atoms with Crippen molar-refractivity contribution in [3.8, 4) is 0 Å². The summed E-state index contributed by atoms with van der Waals surface area (Å²) in [6.45, 7) is 3.75. The molecule has 3 nitrogen and oxygen atoms in total. The minimum Gasteiger partial charge on any atom is -0.308 e. The molecule has 4 heteroatoms. The van der Waals surface area contributed by atoms with Crippen molar-refractivity contribution < 1.29 is 0 Å². The van der Waals surface area contributed by atoms with Crippen LogP contribution in [0.25, 0.3) is 10.9 Å². The molecule has 1 N–H and O–H groups in total. The molecule has 0 aliphatic rings. The first-order valence-electron chi connectivity index (χ1n) is 6.26. The van der Waals surface area contributed by atoms with E-state index in [1.165, 1.54) is 15.8 Å². The number of hydrogen-bond donors (Lipinski definition) is 1. The zero-order chi connectivity index (χ0) is 13.1. The number of aryl methyl sites for hydroxylation is 1. The second kappa shape index (κ2) is 5.47. The third-order valence-corrected chi connectivity index (χ3v) is 3.81. The van der Waals surface area contributed by atoms with E-state index in [4.69, 9.17) is 0 Å². The minimum atomic E-state index is 0.849. The van der Waals surface area contributed by atoms with E-state index in [0.29, 0.717) is 0 Å². The maximum Gasteiger partial charge on any atom is 0.0794 e. The molecule has 19 heavy (non-hydrogen) atoms. The number of para-hydroxylation sites is 1. The Morgan fingerprint density at radius 2 is 2.11 bits per heavy atom. The lowest BCUT2D eigenvalue weighted by atomic mass is 10.1. The first-order valence-corrected chi connectivity index (χ1v) is 7.14. The molecule has 0 saturated heterocycles. The molecule has 0 fully saturated rings. The Balaban J connectivity index is 1.80. The van der Waals surface area contributed by atoms with Crippen molar-refractivity contribution >= 4 is 22.2 Å². The number of nitrogens with one attached hydrogen (secondary N) is 1. The van der Waals surface area contributed by atoms with Gasteiger partial charge in [0.1, 0.15) is 0 Å². The molecular formula is C15H15N3S. The first-order chi connectivity index (χ1) is 9.33. The Morgan fingerprint density at radius 1 is 1.21 bits per heavy atom. The summed E-state index contributed by atoms with van der Waals surface area (Å²) in [5.41, 5.74) is 5.29. The van der Waals surface area contributed by atoms with E-state index in [2.05, 4.69) is 39.6 Å². The number of nitrogens with zero attached hydrogens (tertiary/aromatic N) is 2. The summed E-state index contributed by atoms with van der Waals surface area (Å²) in [5.74, 6) is 0. The van der Waals surface area contributed by atoms with Gasteiger partial charge in [-0.25, -0.2) is 0 Å². The Bertz CT molecular complexity index is 677. The van der Waals surface area contributed by atoms with Gasteiger partial charge >= 0.3 is 0 Å². The highest BCUT2D eigenvalue weighted by Gasteiger charge is 2.03. The lowest BCUT2D eigenvalue weighted by molar-refractivity contribution is 0.702. The van der Waals surface area contributed by atoms with E-state index >= 15 is 0 Å². The molecule has 0 spiro atoms. The van der Waals surface area contributed by atoms with Crippen molar-refractivity contribution in [2.75, 3.05) is 0 Å². The van der Waals surface area contributed by atoms with Crippen LogP contribution in [0.1, 0.15) is 16.1 Å². The second-order valence-corrected chi connectivity index (χ2v) is 5.48. The van der Waals surface area contributed by atoms with Gasteiger partial charge < -0.3 is 5.32 Å². The van der Waals surface area contributed by atoms with Gasteiger partial charge in [0.05, 0.1) is 11.0 Å². The first kappa shape index (κ1) is 12.3. The molecule has 0 bridgehead atoms. The highest BCUT2D eigenvalue weighted by molar-refractivity contribution is 7.09. The molecule has 0 amide bonds. The van der Waals surface area contributed by atoms with Crippen LogP contribution in [-0.2, 0) is 13.1 Å². The van der Waals surface area contributed by atoms with Crippen LogP contribution in [0.3, 0.4) is 0 Å². The second-order valence-electron chi connectivity index (χ2n) is 4.51. The Kier molecular flexibility index (Phi) is 3.53. The van der Waals surface area contributed by atoms with Crippen LogP contribution in [0, 0.1) is 6.92 Å². The predicted octanol–water partition coefficient (Wildman–Crippen LogP) is 3.29. The van der Waals surface area contributed by atoms with Gasteiger partial charge in [0.15, 0.2) is 0 Å². The number of benzene rings is 1. The maximum atomic E-state index is 4.56. The standard InChI is InChI=1S/C15H15N3S/c1-11-6-12(7-16-8-13-9-17-10-19-13)14-4-2-3-5-15(14)18-11/h2-6,9-10,16H,7-8H2,1H3. The molecule has 0 aliphatic heterocycles. The fourth-order valence-electron chi connectivity index (χ4n) is 2.19. The molecule has 1 aromatic carbocycles. The van der Waals surface area contributed by atoms with Crippen LogP contribution in [0.4, 0.5) is 0 Å². The Labute approximate surface area is 116 Å². The monoisotopic (exact) mass is 269 g/mol. The summed E-state index contributed by atoms with van der Waals surface area (Å²) in [4.78, 5) is 9.90. The summed E-state index contributed by atoms with van der Waals surface area (Å²) in [6, 6.07) is 10.4. The van der Waals surface area contributed by atoms with Crippen LogP contribution in [0.2, 0.25) is 0 Å². The van der Waals surface area contributed by atoms with E-state index in [1.807, 2.05) is 24.7 Å². The number of pyridine rings is 1. The molecule has 96 valence electrons. The topological polar surface area (TPSA) is 37.8 Å². The Hall–Kier alpha value is -1.78. The van der Waals surface area contributed by atoms with Gasteiger partial charge in [-0.3, -0.25) is 9.97 Å². The minimum absolute atomic E-state index is 0.849. The van der Waals surface area contributed by atoms with Gasteiger partial charge in [0.25, 0.3) is 0 Å². The van der Waals surface area contributed by atoms with Crippen LogP contribution in [0.15, 0.2) is 42.0 Å². The quantitative estimate of drug-likeness (QED) is 0.789. The average Bonchev–Trinajstić information content (AvgIpc) is 2.91. The molecule has 3 aromatic rings. The van der Waals surface area contributed by atoms with Crippen molar-refractivity contribution in [1.29, 1.82) is 0 Å². The van der Waals surface area contributed by atoms with Crippen LogP contribution in [-0.4, -0.2) is 9.97 Å². The van der Waals surface area contributed by atoms with Gasteiger partial charge in [0, 0.05) is 35.2 Å². The molecule has 0 radical (unpaired) electrons. The van der Waals surface area contributed by atoms with Gasteiger partial charge in [-0.1, -0.05) is 18.2 Å². The summed E-state index contributed by atoms with van der Waals surface area (Å²) in [7, 11) is 0.